The molecule has 0 bridgehead atoms. The van der Waals surface area contributed by atoms with Gasteiger partial charge in [-0.2, -0.15) is 0 Å². The molecule has 1 fully saturated rings. The minimum Gasteiger partial charge on any atom is -0.355 e. The maximum absolute atomic E-state index is 12.8. The van der Waals surface area contributed by atoms with Crippen molar-refractivity contribution in [1.82, 2.24) is 25.1 Å². The van der Waals surface area contributed by atoms with Gasteiger partial charge in [0.2, 0.25) is 5.91 Å². The molecular formula is C24H29N5OS. The standard InChI is InChI=1S/C24H29N5OS/c1-17-9-6-7-13-21(17)29-22(20-12-8-14-25-16-20)27-28-24(29)31-18(2)23(30)26-15-19-10-4-3-5-11-19/h6-9,12-14,16,18-19H,3-5,10-11,15H2,1-2H3,(H,26,30). The maximum Gasteiger partial charge on any atom is 0.233 e. The number of nitrogens with one attached hydrogen (secondary N) is 1. The fraction of sp³-hybridized carbons (Fsp3) is 0.417. The summed E-state index contributed by atoms with van der Waals surface area (Å²) in [6.45, 7) is 4.77. The molecule has 162 valence electrons. The number of carbonyl (C=O) groups is 1. The Morgan fingerprint density at radius 3 is 2.71 bits per heavy atom. The summed E-state index contributed by atoms with van der Waals surface area (Å²) in [6.07, 6.45) is 9.85. The van der Waals surface area contributed by atoms with Crippen LogP contribution in [0.3, 0.4) is 0 Å². The van der Waals surface area contributed by atoms with Crippen molar-refractivity contribution in [3.8, 4) is 17.1 Å². The van der Waals surface area contributed by atoms with E-state index in [0.29, 0.717) is 11.1 Å². The molecule has 0 aliphatic heterocycles. The van der Waals surface area contributed by atoms with Crippen LogP contribution in [0.1, 0.15) is 44.6 Å². The van der Waals surface area contributed by atoms with E-state index in [1.165, 1.54) is 43.9 Å². The lowest BCUT2D eigenvalue weighted by Gasteiger charge is -2.22. The normalized spacial score (nSPS) is 15.5. The zero-order chi connectivity index (χ0) is 21.6. The van der Waals surface area contributed by atoms with Crippen molar-refractivity contribution in [2.75, 3.05) is 6.54 Å². The highest BCUT2D eigenvalue weighted by molar-refractivity contribution is 8.00. The molecule has 1 saturated carbocycles. The van der Waals surface area contributed by atoms with Crippen molar-refractivity contribution in [2.24, 2.45) is 5.92 Å². The Morgan fingerprint density at radius 2 is 1.97 bits per heavy atom. The van der Waals surface area contributed by atoms with Gasteiger partial charge in [0, 0.05) is 24.5 Å². The largest absolute Gasteiger partial charge is 0.355 e. The molecule has 7 heteroatoms. The molecule has 2 heterocycles. The van der Waals surface area contributed by atoms with Crippen LogP contribution in [0.4, 0.5) is 0 Å². The van der Waals surface area contributed by atoms with Gasteiger partial charge < -0.3 is 5.32 Å². The number of aromatic nitrogens is 4. The van der Waals surface area contributed by atoms with E-state index in [0.717, 1.165) is 29.2 Å². The van der Waals surface area contributed by atoms with E-state index < -0.39 is 0 Å². The number of amides is 1. The number of hydrogen-bond acceptors (Lipinski definition) is 5. The van der Waals surface area contributed by atoms with Gasteiger partial charge in [0.05, 0.1) is 10.9 Å². The Labute approximate surface area is 187 Å². The zero-order valence-corrected chi connectivity index (χ0v) is 18.9. The van der Waals surface area contributed by atoms with Crippen LogP contribution in [0.25, 0.3) is 17.1 Å². The third kappa shape index (κ3) is 5.15. The first-order chi connectivity index (χ1) is 15.1. The van der Waals surface area contributed by atoms with Crippen LogP contribution >= 0.6 is 11.8 Å². The fourth-order valence-corrected chi connectivity index (χ4v) is 4.94. The molecule has 1 N–H and O–H groups in total. The van der Waals surface area contributed by atoms with E-state index in [9.17, 15) is 4.79 Å². The molecule has 1 unspecified atom stereocenters. The molecule has 1 aliphatic carbocycles. The first-order valence-corrected chi connectivity index (χ1v) is 11.9. The van der Waals surface area contributed by atoms with Gasteiger partial charge in [-0.15, -0.1) is 10.2 Å². The van der Waals surface area contributed by atoms with Crippen LogP contribution in [0.15, 0.2) is 53.9 Å². The molecule has 0 radical (unpaired) electrons. The molecular weight excluding hydrogens is 406 g/mol. The second-order valence-electron chi connectivity index (χ2n) is 8.18. The van der Waals surface area contributed by atoms with Gasteiger partial charge >= 0.3 is 0 Å². The molecule has 31 heavy (non-hydrogen) atoms. The molecule has 6 nitrogen and oxygen atoms in total. The second-order valence-corrected chi connectivity index (χ2v) is 9.49. The lowest BCUT2D eigenvalue weighted by atomic mass is 9.89. The minimum absolute atomic E-state index is 0.0536. The van der Waals surface area contributed by atoms with Gasteiger partial charge in [0.25, 0.3) is 0 Å². The number of benzene rings is 1. The number of rotatable bonds is 7. The predicted molar refractivity (Wildman–Crippen MR) is 124 cm³/mol. The number of hydrogen-bond donors (Lipinski definition) is 1. The Kier molecular flexibility index (Phi) is 7.02. The van der Waals surface area contributed by atoms with Crippen LogP contribution < -0.4 is 5.32 Å². The zero-order valence-electron chi connectivity index (χ0n) is 18.1. The topological polar surface area (TPSA) is 72.7 Å². The SMILES string of the molecule is Cc1ccccc1-n1c(SC(C)C(=O)NCC2CCCCC2)nnc1-c1cccnc1. The average Bonchev–Trinajstić information content (AvgIpc) is 3.22. The van der Waals surface area contributed by atoms with Crippen LogP contribution in [0.5, 0.6) is 0 Å². The Morgan fingerprint density at radius 1 is 1.16 bits per heavy atom. The highest BCUT2D eigenvalue weighted by atomic mass is 32.2. The van der Waals surface area contributed by atoms with Gasteiger partial charge in [-0.05, 0) is 56.4 Å². The van der Waals surface area contributed by atoms with E-state index in [1.54, 1.807) is 12.4 Å². The first-order valence-electron chi connectivity index (χ1n) is 11.0. The summed E-state index contributed by atoms with van der Waals surface area (Å²) >= 11 is 1.44. The number of carbonyl (C=O) groups excluding carboxylic acids is 1. The monoisotopic (exact) mass is 435 g/mol. The number of thioether (sulfide) groups is 1. The summed E-state index contributed by atoms with van der Waals surface area (Å²) in [5, 5.41) is 12.5. The summed E-state index contributed by atoms with van der Waals surface area (Å²) in [4.78, 5) is 17.0. The van der Waals surface area contributed by atoms with Gasteiger partial charge in [-0.25, -0.2) is 0 Å². The highest BCUT2D eigenvalue weighted by Gasteiger charge is 2.23. The van der Waals surface area contributed by atoms with Crippen molar-refractivity contribution in [3.05, 3.63) is 54.4 Å². The Hall–Kier alpha value is -2.67. The Balaban J connectivity index is 1.56. The van der Waals surface area contributed by atoms with Gasteiger partial charge in [-0.3, -0.25) is 14.3 Å². The highest BCUT2D eigenvalue weighted by Crippen LogP contribution is 2.31. The maximum atomic E-state index is 12.8. The van der Waals surface area contributed by atoms with Crippen molar-refractivity contribution in [1.29, 1.82) is 0 Å². The smallest absolute Gasteiger partial charge is 0.233 e. The molecule has 0 saturated heterocycles. The van der Waals surface area contributed by atoms with E-state index in [-0.39, 0.29) is 11.2 Å². The van der Waals surface area contributed by atoms with Gasteiger partial charge in [-0.1, -0.05) is 49.2 Å². The molecule has 4 rings (SSSR count). The number of para-hydroxylation sites is 1. The first kappa shape index (κ1) is 21.6. The molecule has 2 aromatic heterocycles. The third-order valence-corrected chi connectivity index (χ3v) is 6.89. The summed E-state index contributed by atoms with van der Waals surface area (Å²) in [7, 11) is 0. The van der Waals surface area contributed by atoms with Crippen molar-refractivity contribution in [3.63, 3.8) is 0 Å². The summed E-state index contributed by atoms with van der Waals surface area (Å²) < 4.78 is 2.03. The average molecular weight is 436 g/mol. The third-order valence-electron chi connectivity index (χ3n) is 5.85. The minimum atomic E-state index is -0.266. The molecule has 0 spiro atoms. The van der Waals surface area contributed by atoms with E-state index in [2.05, 4.69) is 39.6 Å². The van der Waals surface area contributed by atoms with Gasteiger partial charge in [0.15, 0.2) is 11.0 Å². The van der Waals surface area contributed by atoms with Crippen LogP contribution in [-0.2, 0) is 4.79 Å². The van der Waals surface area contributed by atoms with Crippen LogP contribution in [-0.4, -0.2) is 37.5 Å². The lowest BCUT2D eigenvalue weighted by molar-refractivity contribution is -0.120. The quantitative estimate of drug-likeness (QED) is 0.539. The number of aryl methyl sites for hydroxylation is 1. The molecule has 1 aromatic carbocycles. The summed E-state index contributed by atoms with van der Waals surface area (Å²) in [5.41, 5.74) is 3.01. The van der Waals surface area contributed by atoms with Crippen molar-refractivity contribution >= 4 is 17.7 Å². The number of pyridine rings is 1. The molecule has 1 amide bonds. The van der Waals surface area contributed by atoms with Gasteiger partial charge in [0.1, 0.15) is 0 Å². The summed E-state index contributed by atoms with van der Waals surface area (Å²) in [5.74, 6) is 1.39. The van der Waals surface area contributed by atoms with E-state index >= 15 is 0 Å². The fourth-order valence-electron chi connectivity index (χ4n) is 4.05. The van der Waals surface area contributed by atoms with Crippen molar-refractivity contribution < 1.29 is 4.79 Å². The molecule has 1 aliphatic rings. The van der Waals surface area contributed by atoms with E-state index in [4.69, 9.17) is 0 Å². The van der Waals surface area contributed by atoms with Crippen LogP contribution in [0, 0.1) is 12.8 Å². The summed E-state index contributed by atoms with van der Waals surface area (Å²) in [6, 6.07) is 12.0. The predicted octanol–water partition coefficient (Wildman–Crippen LogP) is 4.81. The number of nitrogens with zero attached hydrogens (tertiary/aromatic N) is 4. The van der Waals surface area contributed by atoms with E-state index in [1.807, 2.05) is 35.8 Å². The second kappa shape index (κ2) is 10.1. The molecule has 3 aromatic rings. The van der Waals surface area contributed by atoms with Crippen molar-refractivity contribution in [2.45, 2.75) is 56.4 Å². The van der Waals surface area contributed by atoms with Crippen LogP contribution in [0.2, 0.25) is 0 Å². The molecule has 1 atom stereocenters. The Bertz CT molecular complexity index is 1010. The lowest BCUT2D eigenvalue weighted by Crippen LogP contribution is -2.35.